The highest BCUT2D eigenvalue weighted by Crippen LogP contribution is 2.33. The topological polar surface area (TPSA) is 124 Å². The lowest BCUT2D eigenvalue weighted by molar-refractivity contribution is -0.140. The van der Waals surface area contributed by atoms with Crippen LogP contribution < -0.4 is 5.56 Å². The van der Waals surface area contributed by atoms with Crippen LogP contribution in [0.4, 0.5) is 0 Å². The third-order valence-corrected chi connectivity index (χ3v) is 4.01. The first-order valence-electron chi connectivity index (χ1n) is 7.93. The Labute approximate surface area is 149 Å². The van der Waals surface area contributed by atoms with Crippen LogP contribution >= 0.6 is 0 Å². The highest BCUT2D eigenvalue weighted by atomic mass is 16.5. The Balaban J connectivity index is 2.63. The van der Waals surface area contributed by atoms with Gasteiger partial charge in [-0.15, -0.1) is 0 Å². The molecule has 0 amide bonds. The van der Waals surface area contributed by atoms with E-state index in [2.05, 4.69) is 14.8 Å². The fourth-order valence-corrected chi connectivity index (χ4v) is 2.58. The van der Waals surface area contributed by atoms with Gasteiger partial charge in [-0.1, -0.05) is 0 Å². The summed E-state index contributed by atoms with van der Waals surface area (Å²) in [7, 11) is 2.39. The van der Waals surface area contributed by atoms with Crippen LogP contribution in [0.2, 0.25) is 0 Å². The number of hydrogen-bond acceptors (Lipinski definition) is 7. The molecule has 9 heteroatoms. The van der Waals surface area contributed by atoms with Crippen LogP contribution in [0.5, 0.6) is 5.75 Å². The maximum atomic E-state index is 12.4. The number of aromatic amines is 1. The number of H-pyrrole nitrogens is 1. The van der Waals surface area contributed by atoms with Gasteiger partial charge in [0, 0.05) is 24.4 Å². The zero-order valence-corrected chi connectivity index (χ0v) is 15.0. The van der Waals surface area contributed by atoms with E-state index in [1.54, 1.807) is 10.9 Å². The number of carbonyl (C=O) groups is 2. The predicted octanol–water partition coefficient (Wildman–Crippen LogP) is 1.34. The molecule has 0 bridgehead atoms. The van der Waals surface area contributed by atoms with E-state index in [9.17, 15) is 19.5 Å². The van der Waals surface area contributed by atoms with Crippen molar-refractivity contribution in [2.75, 3.05) is 14.2 Å². The molecular formula is C17H21N3O6. The molecule has 9 nitrogen and oxygen atoms in total. The van der Waals surface area contributed by atoms with E-state index in [1.807, 2.05) is 13.8 Å². The molecule has 140 valence electrons. The predicted molar refractivity (Wildman–Crippen MR) is 91.2 cm³/mol. The summed E-state index contributed by atoms with van der Waals surface area (Å²) in [5.41, 5.74) is -0.414. The monoisotopic (exact) mass is 363 g/mol. The lowest BCUT2D eigenvalue weighted by Crippen LogP contribution is -2.22. The Morgan fingerprint density at radius 1 is 1.31 bits per heavy atom. The summed E-state index contributed by atoms with van der Waals surface area (Å²) in [6.45, 7) is 3.85. The van der Waals surface area contributed by atoms with E-state index in [0.717, 1.165) is 13.3 Å². The average Bonchev–Trinajstić information content (AvgIpc) is 3.10. The molecule has 0 aromatic carbocycles. The van der Waals surface area contributed by atoms with Crippen molar-refractivity contribution >= 4 is 11.9 Å². The van der Waals surface area contributed by atoms with Crippen molar-refractivity contribution in [1.29, 1.82) is 0 Å². The Bertz CT molecular complexity index is 868. The summed E-state index contributed by atoms with van der Waals surface area (Å²) in [5, 5.41) is 14.7. The van der Waals surface area contributed by atoms with Gasteiger partial charge in [0.15, 0.2) is 0 Å². The third-order valence-electron chi connectivity index (χ3n) is 4.01. The van der Waals surface area contributed by atoms with Crippen molar-refractivity contribution < 1.29 is 24.2 Å². The molecule has 0 spiro atoms. The summed E-state index contributed by atoms with van der Waals surface area (Å²) in [5.74, 6) is -2.76. The number of nitrogens with one attached hydrogen (secondary N) is 1. The first-order valence-corrected chi connectivity index (χ1v) is 7.93. The van der Waals surface area contributed by atoms with Crippen molar-refractivity contribution in [3.8, 4) is 5.75 Å². The minimum Gasteiger partial charge on any atom is -0.506 e. The zero-order chi connectivity index (χ0) is 19.4. The molecule has 0 fully saturated rings. The van der Waals surface area contributed by atoms with Crippen molar-refractivity contribution in [2.45, 2.75) is 32.2 Å². The molecule has 0 aliphatic heterocycles. The maximum Gasteiger partial charge on any atom is 0.343 e. The van der Waals surface area contributed by atoms with Gasteiger partial charge in [-0.3, -0.25) is 14.3 Å². The second-order valence-electron chi connectivity index (χ2n) is 5.97. The summed E-state index contributed by atoms with van der Waals surface area (Å²) in [4.78, 5) is 38.5. The standard InChI is InChI=1S/C17H21N3O6/c1-9(2)20-8-10(6-19-20)11(5-13(21)25-3)14-15(22)12(17(24)26-4)7-18-16(14)23/h6-9,11H,5H2,1-4H3,(H2,18,22,23)/t11-/m0/s1. The first-order chi connectivity index (χ1) is 12.3. The number of aromatic hydroxyl groups is 1. The van der Waals surface area contributed by atoms with E-state index < -0.39 is 29.2 Å². The number of aromatic nitrogens is 3. The molecule has 1 atom stereocenters. The summed E-state index contributed by atoms with van der Waals surface area (Å²) >= 11 is 0. The van der Waals surface area contributed by atoms with Crippen LogP contribution in [0, 0.1) is 0 Å². The van der Waals surface area contributed by atoms with Gasteiger partial charge in [0.2, 0.25) is 0 Å². The number of nitrogens with zero attached hydrogens (tertiary/aromatic N) is 2. The Kier molecular flexibility index (Phi) is 5.81. The second kappa shape index (κ2) is 7.85. The van der Waals surface area contributed by atoms with Crippen LogP contribution in [0.25, 0.3) is 0 Å². The van der Waals surface area contributed by atoms with Crippen LogP contribution in [0.3, 0.4) is 0 Å². The van der Waals surface area contributed by atoms with Crippen LogP contribution in [-0.4, -0.2) is 46.0 Å². The first kappa shape index (κ1) is 19.2. The van der Waals surface area contributed by atoms with Gasteiger partial charge in [-0.05, 0) is 19.4 Å². The van der Waals surface area contributed by atoms with E-state index in [-0.39, 0.29) is 23.6 Å². The molecule has 0 saturated carbocycles. The smallest absolute Gasteiger partial charge is 0.343 e. The molecule has 0 aliphatic carbocycles. The molecule has 0 unspecified atom stereocenters. The summed E-state index contributed by atoms with van der Waals surface area (Å²) in [6, 6.07) is 0.0656. The number of ether oxygens (including phenoxy) is 2. The number of rotatable bonds is 6. The van der Waals surface area contributed by atoms with Crippen molar-refractivity contribution in [3.05, 3.63) is 45.6 Å². The second-order valence-corrected chi connectivity index (χ2v) is 5.97. The highest BCUT2D eigenvalue weighted by molar-refractivity contribution is 5.92. The van der Waals surface area contributed by atoms with Crippen LogP contribution in [-0.2, 0) is 14.3 Å². The molecule has 0 radical (unpaired) electrons. The van der Waals surface area contributed by atoms with Gasteiger partial charge in [0.05, 0.1) is 32.4 Å². The molecule has 2 aromatic rings. The van der Waals surface area contributed by atoms with Gasteiger partial charge in [0.1, 0.15) is 11.3 Å². The summed E-state index contributed by atoms with van der Waals surface area (Å²) in [6.07, 6.45) is 4.06. The maximum absolute atomic E-state index is 12.4. The highest BCUT2D eigenvalue weighted by Gasteiger charge is 2.29. The minimum absolute atomic E-state index is 0.0656. The van der Waals surface area contributed by atoms with Crippen LogP contribution in [0.15, 0.2) is 23.4 Å². The minimum atomic E-state index is -0.844. The lowest BCUT2D eigenvalue weighted by atomic mass is 9.89. The molecular weight excluding hydrogens is 342 g/mol. The van der Waals surface area contributed by atoms with Crippen molar-refractivity contribution in [3.63, 3.8) is 0 Å². The summed E-state index contributed by atoms with van der Waals surface area (Å²) < 4.78 is 11.0. The van der Waals surface area contributed by atoms with Gasteiger partial charge in [0.25, 0.3) is 5.56 Å². The third kappa shape index (κ3) is 3.76. The molecule has 0 aliphatic rings. The molecule has 2 rings (SSSR count). The van der Waals surface area contributed by atoms with Crippen LogP contribution in [0.1, 0.15) is 53.7 Å². The normalized spacial score (nSPS) is 12.0. The average molecular weight is 363 g/mol. The lowest BCUT2D eigenvalue weighted by Gasteiger charge is -2.16. The molecule has 2 heterocycles. The Morgan fingerprint density at radius 2 is 2.00 bits per heavy atom. The zero-order valence-electron chi connectivity index (χ0n) is 15.0. The number of pyridine rings is 1. The van der Waals surface area contributed by atoms with Gasteiger partial charge in [-0.2, -0.15) is 5.10 Å². The van der Waals surface area contributed by atoms with Crippen molar-refractivity contribution in [1.82, 2.24) is 14.8 Å². The largest absolute Gasteiger partial charge is 0.506 e. The molecule has 2 N–H and O–H groups in total. The fraction of sp³-hybridized carbons (Fsp3) is 0.412. The number of carbonyl (C=O) groups excluding carboxylic acids is 2. The SMILES string of the molecule is COC(=O)C[C@@H](c1cnn(C(C)C)c1)c1c(O)c(C(=O)OC)c[nH]c1=O. The number of methoxy groups -OCH3 is 2. The van der Waals surface area contributed by atoms with E-state index in [1.165, 1.54) is 13.3 Å². The van der Waals surface area contributed by atoms with Gasteiger partial charge in [-0.25, -0.2) is 4.79 Å². The van der Waals surface area contributed by atoms with E-state index >= 15 is 0 Å². The molecule has 2 aromatic heterocycles. The van der Waals surface area contributed by atoms with Gasteiger partial charge < -0.3 is 19.6 Å². The molecule has 0 saturated heterocycles. The number of hydrogen-bond donors (Lipinski definition) is 2. The quantitative estimate of drug-likeness (QED) is 0.742. The van der Waals surface area contributed by atoms with Crippen molar-refractivity contribution in [2.24, 2.45) is 0 Å². The molecule has 26 heavy (non-hydrogen) atoms. The van der Waals surface area contributed by atoms with E-state index in [0.29, 0.717) is 5.56 Å². The van der Waals surface area contributed by atoms with E-state index in [4.69, 9.17) is 4.74 Å². The number of esters is 2. The fourth-order valence-electron chi connectivity index (χ4n) is 2.58. The Morgan fingerprint density at radius 3 is 2.54 bits per heavy atom. The Hall–Kier alpha value is -3.10. The van der Waals surface area contributed by atoms with Gasteiger partial charge >= 0.3 is 11.9 Å².